The first-order valence-corrected chi connectivity index (χ1v) is 1.47. The second-order valence-electron chi connectivity index (χ2n) is 0.793. The summed E-state index contributed by atoms with van der Waals surface area (Å²) < 4.78 is 4.58. The Morgan fingerprint density at radius 1 is 1.00 bits per heavy atom. The summed E-state index contributed by atoms with van der Waals surface area (Å²) in [4.78, 5) is 0. The zero-order valence-electron chi connectivity index (χ0n) is 3.03. The van der Waals surface area contributed by atoms with Gasteiger partial charge in [0, 0.05) is 21.1 Å². The minimum absolute atomic E-state index is 0. The molecule has 6 heavy (non-hydrogen) atoms. The Labute approximate surface area is 50.6 Å². The second-order valence-corrected chi connectivity index (χ2v) is 0.793. The molecular weight excluding hydrogens is 259 g/mol. The summed E-state index contributed by atoms with van der Waals surface area (Å²) in [6.45, 7) is 0. The van der Waals surface area contributed by atoms with E-state index >= 15 is 0 Å². The van der Waals surface area contributed by atoms with Gasteiger partial charge >= 0.3 is 0 Å². The van der Waals surface area contributed by atoms with Gasteiger partial charge in [0.25, 0.3) is 0 Å². The van der Waals surface area contributed by atoms with Gasteiger partial charge in [-0.1, -0.05) is 0 Å². The summed E-state index contributed by atoms with van der Waals surface area (Å²) in [6, 6.07) is 3.67. The molecule has 0 atom stereocenters. The van der Waals surface area contributed by atoms with Crippen molar-refractivity contribution in [2.24, 2.45) is 0 Å². The predicted molar refractivity (Wildman–Crippen MR) is 18.7 cm³/mol. The fourth-order valence-electron chi connectivity index (χ4n) is 0.227. The molecule has 0 amide bonds. The minimum Gasteiger partial charge on any atom is -0.473 e. The number of hydrogen-bond donors (Lipinski definition) is 0. The molecule has 0 spiro atoms. The zero-order chi connectivity index (χ0) is 3.54. The standard InChI is InChI=1S/C4H4O.Pt/c1-2-4-5-3-1;/h1-4H;. The van der Waals surface area contributed by atoms with Gasteiger partial charge in [-0.05, 0) is 12.1 Å². The quantitative estimate of drug-likeness (QED) is 0.687. The van der Waals surface area contributed by atoms with Crippen LogP contribution in [-0.4, -0.2) is 0 Å². The SMILES string of the molecule is [Pt].c1ccoc1. The Bertz CT molecular complexity index is 64.0. The van der Waals surface area contributed by atoms with Gasteiger partial charge in [-0.2, -0.15) is 0 Å². The van der Waals surface area contributed by atoms with E-state index in [1.807, 2.05) is 12.1 Å². The molecule has 0 aliphatic heterocycles. The molecule has 1 heterocycles. The van der Waals surface area contributed by atoms with Crippen LogP contribution in [-0.2, 0) is 21.1 Å². The van der Waals surface area contributed by atoms with Crippen molar-refractivity contribution < 1.29 is 25.5 Å². The van der Waals surface area contributed by atoms with E-state index in [0.29, 0.717) is 0 Å². The smallest absolute Gasteiger partial charge is 0.0902 e. The Morgan fingerprint density at radius 2 is 1.50 bits per heavy atom. The summed E-state index contributed by atoms with van der Waals surface area (Å²) in [5, 5.41) is 0. The monoisotopic (exact) mass is 263 g/mol. The molecule has 1 rings (SSSR count). The van der Waals surface area contributed by atoms with Crippen LogP contribution in [0.15, 0.2) is 29.1 Å². The number of hydrogen-bond acceptors (Lipinski definition) is 1. The summed E-state index contributed by atoms with van der Waals surface area (Å²) in [5.74, 6) is 0. The van der Waals surface area contributed by atoms with Gasteiger partial charge in [0.05, 0.1) is 12.5 Å². The number of furan rings is 1. The Kier molecular flexibility index (Phi) is 3.15. The van der Waals surface area contributed by atoms with Gasteiger partial charge in [0.15, 0.2) is 0 Å². The van der Waals surface area contributed by atoms with Gasteiger partial charge in [0.1, 0.15) is 0 Å². The van der Waals surface area contributed by atoms with Crippen molar-refractivity contribution in [3.8, 4) is 0 Å². The van der Waals surface area contributed by atoms with E-state index in [0.717, 1.165) is 0 Å². The van der Waals surface area contributed by atoms with E-state index < -0.39 is 0 Å². The van der Waals surface area contributed by atoms with E-state index in [1.165, 1.54) is 0 Å². The molecule has 0 fully saturated rings. The first-order valence-electron chi connectivity index (χ1n) is 1.47. The second kappa shape index (κ2) is 3.17. The molecule has 0 radical (unpaired) electrons. The average molecular weight is 263 g/mol. The maximum Gasteiger partial charge on any atom is 0.0902 e. The van der Waals surface area contributed by atoms with Crippen molar-refractivity contribution in [3.63, 3.8) is 0 Å². The summed E-state index contributed by atoms with van der Waals surface area (Å²) in [6.07, 6.45) is 3.25. The Hall–Kier alpha value is -0.0317. The van der Waals surface area contributed by atoms with Crippen molar-refractivity contribution in [1.29, 1.82) is 0 Å². The fourth-order valence-corrected chi connectivity index (χ4v) is 0.227. The molecule has 0 aromatic carbocycles. The third-order valence-corrected chi connectivity index (χ3v) is 0.425. The van der Waals surface area contributed by atoms with Crippen LogP contribution in [0.5, 0.6) is 0 Å². The van der Waals surface area contributed by atoms with Crippen molar-refractivity contribution in [2.45, 2.75) is 0 Å². The fraction of sp³-hybridized carbons (Fsp3) is 0. The molecule has 0 unspecified atom stereocenters. The summed E-state index contributed by atoms with van der Waals surface area (Å²) >= 11 is 0. The Morgan fingerprint density at radius 3 is 1.67 bits per heavy atom. The molecular formula is C4H4OPt. The third kappa shape index (κ3) is 1.42. The van der Waals surface area contributed by atoms with Crippen molar-refractivity contribution in [1.82, 2.24) is 0 Å². The van der Waals surface area contributed by atoms with Crippen LogP contribution in [0.4, 0.5) is 0 Å². The first kappa shape index (κ1) is 5.97. The van der Waals surface area contributed by atoms with Crippen LogP contribution >= 0.6 is 0 Å². The Balaban J connectivity index is 0.000000250. The van der Waals surface area contributed by atoms with Crippen LogP contribution in [0.3, 0.4) is 0 Å². The van der Waals surface area contributed by atoms with Crippen LogP contribution < -0.4 is 0 Å². The van der Waals surface area contributed by atoms with Crippen LogP contribution in [0.2, 0.25) is 0 Å². The van der Waals surface area contributed by atoms with Crippen molar-refractivity contribution in [2.75, 3.05) is 0 Å². The normalized spacial score (nSPS) is 6.67. The molecule has 0 bridgehead atoms. The van der Waals surface area contributed by atoms with Gasteiger partial charge in [0.2, 0.25) is 0 Å². The zero-order valence-corrected chi connectivity index (χ0v) is 5.31. The minimum atomic E-state index is 0. The average Bonchev–Trinajstić information content (AvgIpc) is 1.76. The molecule has 36 valence electrons. The molecule has 1 nitrogen and oxygen atoms in total. The van der Waals surface area contributed by atoms with Crippen LogP contribution in [0.25, 0.3) is 0 Å². The summed E-state index contributed by atoms with van der Waals surface area (Å²) in [7, 11) is 0. The van der Waals surface area contributed by atoms with E-state index in [2.05, 4.69) is 4.42 Å². The summed E-state index contributed by atoms with van der Waals surface area (Å²) in [5.41, 5.74) is 0. The number of rotatable bonds is 0. The molecule has 2 heteroatoms. The maximum absolute atomic E-state index is 4.58. The van der Waals surface area contributed by atoms with Gasteiger partial charge in [-0.3, -0.25) is 0 Å². The molecule has 0 saturated carbocycles. The van der Waals surface area contributed by atoms with Gasteiger partial charge in [-0.25, -0.2) is 0 Å². The molecule has 0 saturated heterocycles. The predicted octanol–water partition coefficient (Wildman–Crippen LogP) is 1.28. The largest absolute Gasteiger partial charge is 0.473 e. The maximum atomic E-state index is 4.58. The van der Waals surface area contributed by atoms with E-state index in [9.17, 15) is 0 Å². The molecule has 0 aliphatic carbocycles. The molecule has 0 aliphatic rings. The first-order chi connectivity index (χ1) is 2.50. The topological polar surface area (TPSA) is 13.1 Å². The third-order valence-electron chi connectivity index (χ3n) is 0.425. The molecule has 1 aromatic rings. The van der Waals surface area contributed by atoms with Crippen LogP contribution in [0.1, 0.15) is 0 Å². The van der Waals surface area contributed by atoms with E-state index in [4.69, 9.17) is 0 Å². The van der Waals surface area contributed by atoms with Gasteiger partial charge in [-0.15, -0.1) is 0 Å². The van der Waals surface area contributed by atoms with Crippen molar-refractivity contribution >= 4 is 0 Å². The van der Waals surface area contributed by atoms with Crippen LogP contribution in [0, 0.1) is 0 Å². The van der Waals surface area contributed by atoms with E-state index in [1.54, 1.807) is 12.5 Å². The van der Waals surface area contributed by atoms with Crippen molar-refractivity contribution in [3.05, 3.63) is 24.7 Å². The van der Waals surface area contributed by atoms with E-state index in [-0.39, 0.29) is 21.1 Å². The molecule has 0 N–H and O–H groups in total. The van der Waals surface area contributed by atoms with Gasteiger partial charge < -0.3 is 4.42 Å². The molecule has 1 aromatic heterocycles.